The predicted octanol–water partition coefficient (Wildman–Crippen LogP) is 3.85. The molecule has 8 heteroatoms. The van der Waals surface area contributed by atoms with Crippen molar-refractivity contribution in [2.45, 2.75) is 13.8 Å². The fourth-order valence-corrected chi connectivity index (χ4v) is 3.09. The van der Waals surface area contributed by atoms with Crippen molar-refractivity contribution >= 4 is 17.9 Å². The molecule has 8 nitrogen and oxygen atoms in total. The lowest BCUT2D eigenvalue weighted by atomic mass is 10.1. The maximum atomic E-state index is 5.53. The summed E-state index contributed by atoms with van der Waals surface area (Å²) in [5.41, 5.74) is 6.25. The predicted molar refractivity (Wildman–Crippen MR) is 120 cm³/mol. The molecule has 30 heavy (non-hydrogen) atoms. The summed E-state index contributed by atoms with van der Waals surface area (Å²) in [4.78, 5) is 6.72. The highest BCUT2D eigenvalue weighted by molar-refractivity contribution is 5.85. The molecule has 1 heterocycles. The van der Waals surface area contributed by atoms with Gasteiger partial charge in [0.1, 0.15) is 11.5 Å². The topological polar surface area (TPSA) is 84.8 Å². The van der Waals surface area contributed by atoms with E-state index < -0.39 is 0 Å². The lowest BCUT2D eigenvalue weighted by Gasteiger charge is -2.21. The minimum atomic E-state index is 0.286. The molecule has 0 spiro atoms. The number of nitrogens with zero attached hydrogens (tertiary/aromatic N) is 5. The number of hydrogen-bond acceptors (Lipinski definition) is 8. The molecule has 0 fully saturated rings. The molecule has 3 rings (SSSR count). The molecule has 0 radical (unpaired) electrons. The van der Waals surface area contributed by atoms with E-state index >= 15 is 0 Å². The molecule has 1 N–H and O–H groups in total. The van der Waals surface area contributed by atoms with Crippen LogP contribution in [-0.4, -0.2) is 48.7 Å². The van der Waals surface area contributed by atoms with Crippen molar-refractivity contribution in [3.05, 3.63) is 54.2 Å². The van der Waals surface area contributed by atoms with Crippen LogP contribution in [0.15, 0.2) is 53.8 Å². The van der Waals surface area contributed by atoms with Gasteiger partial charge in [0.05, 0.1) is 32.3 Å². The summed E-state index contributed by atoms with van der Waals surface area (Å²) in [5.74, 6) is 1.74. The lowest BCUT2D eigenvalue weighted by molar-refractivity contribution is 0.414. The maximum absolute atomic E-state index is 5.53. The van der Waals surface area contributed by atoms with Gasteiger partial charge in [-0.25, -0.2) is 10.4 Å². The monoisotopic (exact) mass is 406 g/mol. The highest BCUT2D eigenvalue weighted by atomic mass is 16.5. The number of rotatable bonds is 9. The Balaban J connectivity index is 1.77. The molecule has 156 valence electrons. The Morgan fingerprint density at radius 3 is 2.53 bits per heavy atom. The van der Waals surface area contributed by atoms with Gasteiger partial charge < -0.3 is 14.4 Å². The second kappa shape index (κ2) is 10.2. The Labute approximate surface area is 176 Å². The van der Waals surface area contributed by atoms with Crippen molar-refractivity contribution in [3.63, 3.8) is 0 Å². The van der Waals surface area contributed by atoms with Crippen LogP contribution in [0.5, 0.6) is 11.5 Å². The summed E-state index contributed by atoms with van der Waals surface area (Å²) >= 11 is 0. The van der Waals surface area contributed by atoms with Gasteiger partial charge in [0.2, 0.25) is 0 Å². The molecule has 2 aromatic carbocycles. The molecule has 0 aliphatic rings. The van der Waals surface area contributed by atoms with Crippen molar-refractivity contribution in [1.82, 2.24) is 15.2 Å². The molecular formula is C22H26N6O2. The van der Waals surface area contributed by atoms with Crippen LogP contribution in [0.1, 0.15) is 19.4 Å². The first-order chi connectivity index (χ1) is 14.7. The zero-order valence-corrected chi connectivity index (χ0v) is 17.7. The first kappa shape index (κ1) is 21.0. The average molecular weight is 406 g/mol. The first-order valence-corrected chi connectivity index (χ1v) is 9.75. The zero-order chi connectivity index (χ0) is 21.3. The van der Waals surface area contributed by atoms with Crippen LogP contribution >= 0.6 is 0 Å². The quantitative estimate of drug-likeness (QED) is 0.427. The van der Waals surface area contributed by atoms with Crippen LogP contribution in [0.2, 0.25) is 0 Å². The molecule has 0 saturated carbocycles. The lowest BCUT2D eigenvalue weighted by Crippen LogP contribution is -2.21. The maximum Gasteiger partial charge on any atom is 0.263 e. The largest absolute Gasteiger partial charge is 0.496 e. The number of hydrazone groups is 1. The van der Waals surface area contributed by atoms with Gasteiger partial charge in [-0.05, 0) is 38.1 Å². The van der Waals surface area contributed by atoms with Crippen molar-refractivity contribution in [2.75, 3.05) is 37.6 Å². The molecule has 1 aromatic heterocycles. The molecule has 0 atom stereocenters. The summed E-state index contributed by atoms with van der Waals surface area (Å²) in [7, 11) is 3.27. The third kappa shape index (κ3) is 4.83. The van der Waals surface area contributed by atoms with E-state index in [4.69, 9.17) is 9.47 Å². The molecule has 0 aliphatic carbocycles. The van der Waals surface area contributed by atoms with Gasteiger partial charge in [-0.1, -0.05) is 12.1 Å². The van der Waals surface area contributed by atoms with E-state index in [0.29, 0.717) is 11.4 Å². The van der Waals surface area contributed by atoms with Gasteiger partial charge in [-0.3, -0.25) is 0 Å². The number of benzene rings is 2. The fourth-order valence-electron chi connectivity index (χ4n) is 3.09. The van der Waals surface area contributed by atoms with E-state index in [1.807, 2.05) is 36.4 Å². The molecule has 0 bridgehead atoms. The Hall–Kier alpha value is -3.68. The molecule has 0 unspecified atom stereocenters. The van der Waals surface area contributed by atoms with E-state index in [0.717, 1.165) is 35.7 Å². The number of nitrogens with one attached hydrogen (secondary N) is 1. The summed E-state index contributed by atoms with van der Waals surface area (Å²) in [6, 6.07) is 13.6. The number of para-hydroxylation sites is 1. The second-order valence-electron chi connectivity index (χ2n) is 6.33. The van der Waals surface area contributed by atoms with Crippen LogP contribution in [-0.2, 0) is 0 Å². The van der Waals surface area contributed by atoms with Crippen molar-refractivity contribution in [3.8, 4) is 22.8 Å². The Morgan fingerprint density at radius 2 is 1.80 bits per heavy atom. The van der Waals surface area contributed by atoms with E-state index in [-0.39, 0.29) is 5.95 Å². The number of hydrogen-bond donors (Lipinski definition) is 1. The smallest absolute Gasteiger partial charge is 0.263 e. The summed E-state index contributed by atoms with van der Waals surface area (Å²) < 4.78 is 10.9. The van der Waals surface area contributed by atoms with E-state index in [1.54, 1.807) is 26.6 Å². The molecule has 0 saturated heterocycles. The van der Waals surface area contributed by atoms with Gasteiger partial charge in [0.25, 0.3) is 5.95 Å². The minimum absolute atomic E-state index is 0.286. The fraction of sp³-hybridized carbons (Fsp3) is 0.273. The number of ether oxygens (including phenoxy) is 2. The summed E-state index contributed by atoms with van der Waals surface area (Å²) in [5, 5.41) is 12.2. The molecule has 0 aliphatic heterocycles. The van der Waals surface area contributed by atoms with E-state index in [9.17, 15) is 0 Å². The number of aromatic nitrogens is 3. The van der Waals surface area contributed by atoms with E-state index in [2.05, 4.69) is 50.5 Å². The average Bonchev–Trinajstić information content (AvgIpc) is 2.80. The highest BCUT2D eigenvalue weighted by Crippen LogP contribution is 2.28. The second-order valence-corrected chi connectivity index (χ2v) is 6.33. The van der Waals surface area contributed by atoms with Crippen LogP contribution in [0, 0.1) is 0 Å². The molecule has 0 amide bonds. The first-order valence-electron chi connectivity index (χ1n) is 9.75. The summed E-state index contributed by atoms with van der Waals surface area (Å²) in [6.07, 6.45) is 3.26. The number of anilines is 2. The minimum Gasteiger partial charge on any atom is -0.496 e. The van der Waals surface area contributed by atoms with Gasteiger partial charge in [0, 0.05) is 36.0 Å². The number of methoxy groups -OCH3 is 2. The Kier molecular flexibility index (Phi) is 7.15. The standard InChI is InChI=1S/C22H26N6O2/c1-5-28(6-2)17-12-11-16(21(13-17)30-4)14-23-26-22-25-19(15-24-27-22)18-9-7-8-10-20(18)29-3/h7-15H,5-6H2,1-4H3,(H,25,26,27). The van der Waals surface area contributed by atoms with Gasteiger partial charge >= 0.3 is 0 Å². The molecular weight excluding hydrogens is 380 g/mol. The van der Waals surface area contributed by atoms with Gasteiger partial charge in [-0.2, -0.15) is 10.2 Å². The third-order valence-electron chi connectivity index (χ3n) is 4.66. The highest BCUT2D eigenvalue weighted by Gasteiger charge is 2.09. The van der Waals surface area contributed by atoms with Crippen molar-refractivity contribution in [1.29, 1.82) is 0 Å². The van der Waals surface area contributed by atoms with Crippen LogP contribution < -0.4 is 19.8 Å². The Bertz CT molecular complexity index is 1000. The van der Waals surface area contributed by atoms with Crippen LogP contribution in [0.4, 0.5) is 11.6 Å². The SMILES string of the molecule is CCN(CC)c1ccc(C=NNc2nncc(-c3ccccc3OC)n2)c(OC)c1. The van der Waals surface area contributed by atoms with Crippen molar-refractivity contribution in [2.24, 2.45) is 5.10 Å². The van der Waals surface area contributed by atoms with E-state index in [1.165, 1.54) is 0 Å². The Morgan fingerprint density at radius 1 is 1.03 bits per heavy atom. The van der Waals surface area contributed by atoms with Crippen LogP contribution in [0.3, 0.4) is 0 Å². The normalized spacial score (nSPS) is 10.8. The van der Waals surface area contributed by atoms with Crippen LogP contribution in [0.25, 0.3) is 11.3 Å². The van der Waals surface area contributed by atoms with Gasteiger partial charge in [0.15, 0.2) is 0 Å². The van der Waals surface area contributed by atoms with Gasteiger partial charge in [-0.15, -0.1) is 5.10 Å². The van der Waals surface area contributed by atoms with Crippen molar-refractivity contribution < 1.29 is 9.47 Å². The third-order valence-corrected chi connectivity index (χ3v) is 4.66. The summed E-state index contributed by atoms with van der Waals surface area (Å²) in [6.45, 7) is 6.12. The molecule has 3 aromatic rings. The zero-order valence-electron chi connectivity index (χ0n) is 17.7.